The molecule has 0 radical (unpaired) electrons. The molecule has 13 heteroatoms. The molecule has 1 saturated heterocycles. The number of amides is 2. The van der Waals surface area contributed by atoms with Crippen molar-refractivity contribution in [3.05, 3.63) is 61.7 Å². The smallest absolute Gasteiger partial charge is 0.411 e. The molecular formula is C25H28N4O9. The summed E-state index contributed by atoms with van der Waals surface area (Å²) in [5, 5.41) is 23.0. The summed E-state index contributed by atoms with van der Waals surface area (Å²) in [5.74, 6) is 0.551. The van der Waals surface area contributed by atoms with Crippen LogP contribution in [0.1, 0.15) is 37.8 Å². The monoisotopic (exact) mass is 528 g/mol. The van der Waals surface area contributed by atoms with Crippen molar-refractivity contribution in [3.63, 3.8) is 0 Å². The summed E-state index contributed by atoms with van der Waals surface area (Å²) in [6, 6.07) is 6.36. The SMILES string of the molecule is COc1cc(OC)cc(C(C)(C)OC(=O)N2CCC[C@H]2C(=O)N2CCc3cc([N+](=O)[O-])cc([N+](=O)[O-])c32)c1. The van der Waals surface area contributed by atoms with E-state index in [1.54, 1.807) is 32.0 Å². The molecule has 2 amide bonds. The summed E-state index contributed by atoms with van der Waals surface area (Å²) in [4.78, 5) is 51.0. The number of fused-ring (bicyclic) bond motifs is 1. The molecule has 2 aromatic rings. The first-order valence-corrected chi connectivity index (χ1v) is 12.0. The minimum absolute atomic E-state index is 0.0367. The van der Waals surface area contributed by atoms with Gasteiger partial charge in [-0.1, -0.05) is 0 Å². The predicted molar refractivity (Wildman–Crippen MR) is 135 cm³/mol. The molecule has 2 aliphatic rings. The van der Waals surface area contributed by atoms with E-state index in [2.05, 4.69) is 0 Å². The highest BCUT2D eigenvalue weighted by Crippen LogP contribution is 2.41. The largest absolute Gasteiger partial charge is 0.497 e. The number of methoxy groups -OCH3 is 2. The molecule has 13 nitrogen and oxygen atoms in total. The molecule has 38 heavy (non-hydrogen) atoms. The Bertz CT molecular complexity index is 1290. The fourth-order valence-corrected chi connectivity index (χ4v) is 4.89. The summed E-state index contributed by atoms with van der Waals surface area (Å²) in [7, 11) is 3.02. The van der Waals surface area contributed by atoms with Gasteiger partial charge in [0.05, 0.1) is 30.1 Å². The molecule has 1 fully saturated rings. The van der Waals surface area contributed by atoms with E-state index in [-0.39, 0.29) is 25.2 Å². The lowest BCUT2D eigenvalue weighted by Crippen LogP contribution is -2.49. The van der Waals surface area contributed by atoms with Gasteiger partial charge in [-0.15, -0.1) is 0 Å². The number of nitro benzene ring substituents is 2. The molecule has 0 bridgehead atoms. The van der Waals surface area contributed by atoms with Crippen LogP contribution in [0.15, 0.2) is 30.3 Å². The van der Waals surface area contributed by atoms with Crippen molar-refractivity contribution >= 4 is 29.1 Å². The first kappa shape index (κ1) is 26.6. The van der Waals surface area contributed by atoms with E-state index in [4.69, 9.17) is 14.2 Å². The van der Waals surface area contributed by atoms with Crippen LogP contribution >= 0.6 is 0 Å². The quantitative estimate of drug-likeness (QED) is 0.384. The highest BCUT2D eigenvalue weighted by Gasteiger charge is 2.43. The number of nitrogens with zero attached hydrogens (tertiary/aromatic N) is 4. The second-order valence-electron chi connectivity index (χ2n) is 9.56. The number of nitro groups is 2. The minimum atomic E-state index is -1.10. The zero-order valence-electron chi connectivity index (χ0n) is 21.5. The van der Waals surface area contributed by atoms with E-state index in [0.717, 1.165) is 6.07 Å². The molecule has 202 valence electrons. The third-order valence-electron chi connectivity index (χ3n) is 6.86. The van der Waals surface area contributed by atoms with Crippen molar-refractivity contribution in [2.75, 3.05) is 32.2 Å². The molecule has 0 spiro atoms. The van der Waals surface area contributed by atoms with E-state index in [0.29, 0.717) is 35.5 Å². The lowest BCUT2D eigenvalue weighted by atomic mass is 9.97. The normalized spacial score (nSPS) is 16.7. The molecule has 0 unspecified atom stereocenters. The maximum absolute atomic E-state index is 13.6. The third-order valence-corrected chi connectivity index (χ3v) is 6.86. The van der Waals surface area contributed by atoms with Crippen LogP contribution in [0.5, 0.6) is 11.5 Å². The Balaban J connectivity index is 1.58. The topological polar surface area (TPSA) is 155 Å². The molecule has 2 aliphatic heterocycles. The van der Waals surface area contributed by atoms with E-state index < -0.39 is 44.9 Å². The Morgan fingerprint density at radius 2 is 1.63 bits per heavy atom. The standard InChI is InChI=1S/C25H28N4O9/c1-25(2,16-11-18(36-3)14-19(12-16)37-4)38-24(31)26-8-5-6-20(26)23(30)27-9-7-15-10-17(28(32)33)13-21(22(15)27)29(34)35/h10-14,20H,5-9H2,1-4H3/t20-/m0/s1. The number of carbonyl (C=O) groups is 2. The van der Waals surface area contributed by atoms with Crippen molar-refractivity contribution in [2.45, 2.75) is 44.8 Å². The lowest BCUT2D eigenvalue weighted by molar-refractivity contribution is -0.393. The number of rotatable bonds is 7. The van der Waals surface area contributed by atoms with Crippen LogP contribution in [0.4, 0.5) is 21.9 Å². The van der Waals surface area contributed by atoms with Gasteiger partial charge in [-0.2, -0.15) is 0 Å². The van der Waals surface area contributed by atoms with Gasteiger partial charge in [-0.3, -0.25) is 29.9 Å². The van der Waals surface area contributed by atoms with Crippen molar-refractivity contribution in [3.8, 4) is 11.5 Å². The molecule has 4 rings (SSSR count). The number of hydrogen-bond donors (Lipinski definition) is 0. The second kappa shape index (κ2) is 10.1. The number of anilines is 1. The number of hydrogen-bond acceptors (Lipinski definition) is 9. The van der Waals surface area contributed by atoms with Gasteiger partial charge in [0.15, 0.2) is 0 Å². The first-order valence-electron chi connectivity index (χ1n) is 12.0. The fourth-order valence-electron chi connectivity index (χ4n) is 4.89. The average Bonchev–Trinajstić information content (AvgIpc) is 3.54. The number of benzene rings is 2. The number of ether oxygens (including phenoxy) is 3. The van der Waals surface area contributed by atoms with Gasteiger partial charge in [-0.05, 0) is 50.8 Å². The van der Waals surface area contributed by atoms with Crippen LogP contribution in [0.25, 0.3) is 0 Å². The van der Waals surface area contributed by atoms with Gasteiger partial charge < -0.3 is 19.1 Å². The molecule has 0 aromatic heterocycles. The highest BCUT2D eigenvalue weighted by molar-refractivity contribution is 6.02. The van der Waals surface area contributed by atoms with Gasteiger partial charge in [0.2, 0.25) is 5.91 Å². The van der Waals surface area contributed by atoms with Gasteiger partial charge in [-0.25, -0.2) is 4.79 Å². The summed E-state index contributed by atoms with van der Waals surface area (Å²) in [5.41, 5.74) is -1.02. The van der Waals surface area contributed by atoms with Crippen LogP contribution < -0.4 is 14.4 Å². The third kappa shape index (κ3) is 4.91. The van der Waals surface area contributed by atoms with Crippen LogP contribution in [0.3, 0.4) is 0 Å². The van der Waals surface area contributed by atoms with Gasteiger partial charge in [0, 0.05) is 30.8 Å². The maximum atomic E-state index is 13.6. The van der Waals surface area contributed by atoms with Crippen LogP contribution in [0, 0.1) is 20.2 Å². The van der Waals surface area contributed by atoms with E-state index in [1.807, 2.05) is 0 Å². The first-order chi connectivity index (χ1) is 18.0. The molecule has 2 heterocycles. The molecule has 0 aliphatic carbocycles. The zero-order chi connectivity index (χ0) is 27.8. The lowest BCUT2D eigenvalue weighted by Gasteiger charge is -2.32. The summed E-state index contributed by atoms with van der Waals surface area (Å²) in [6.45, 7) is 3.80. The van der Waals surface area contributed by atoms with E-state index >= 15 is 0 Å². The van der Waals surface area contributed by atoms with E-state index in [9.17, 15) is 29.8 Å². The van der Waals surface area contributed by atoms with Crippen molar-refractivity contribution in [1.29, 1.82) is 0 Å². The predicted octanol–water partition coefficient (Wildman–Crippen LogP) is 3.95. The average molecular weight is 529 g/mol. The van der Waals surface area contributed by atoms with Gasteiger partial charge >= 0.3 is 6.09 Å². The molecule has 0 N–H and O–H groups in total. The number of non-ortho nitro benzene ring substituents is 1. The number of likely N-dealkylation sites (tertiary alicyclic amines) is 1. The van der Waals surface area contributed by atoms with Crippen LogP contribution in [0.2, 0.25) is 0 Å². The summed E-state index contributed by atoms with van der Waals surface area (Å²) < 4.78 is 16.5. The van der Waals surface area contributed by atoms with Crippen molar-refractivity contribution in [2.24, 2.45) is 0 Å². The maximum Gasteiger partial charge on any atom is 0.411 e. The van der Waals surface area contributed by atoms with Crippen molar-refractivity contribution in [1.82, 2.24) is 4.90 Å². The Morgan fingerprint density at radius 3 is 2.21 bits per heavy atom. The molecule has 2 aromatic carbocycles. The van der Waals surface area contributed by atoms with Gasteiger partial charge in [0.1, 0.15) is 28.8 Å². The summed E-state index contributed by atoms with van der Waals surface area (Å²) in [6.07, 6.45) is 0.423. The van der Waals surface area contributed by atoms with E-state index in [1.165, 1.54) is 30.1 Å². The van der Waals surface area contributed by atoms with Crippen LogP contribution in [-0.4, -0.2) is 60.1 Å². The zero-order valence-corrected chi connectivity index (χ0v) is 21.5. The Labute approximate surface area is 218 Å². The minimum Gasteiger partial charge on any atom is -0.497 e. The highest BCUT2D eigenvalue weighted by atomic mass is 16.6. The van der Waals surface area contributed by atoms with Gasteiger partial charge in [0.25, 0.3) is 11.4 Å². The Kier molecular flexibility index (Phi) is 7.11. The second-order valence-corrected chi connectivity index (χ2v) is 9.56. The number of carbonyl (C=O) groups excluding carboxylic acids is 2. The fraction of sp³-hybridized carbons (Fsp3) is 0.440. The molecule has 1 atom stereocenters. The molecular weight excluding hydrogens is 500 g/mol. The van der Waals surface area contributed by atoms with Crippen LogP contribution in [-0.2, 0) is 21.6 Å². The Morgan fingerprint density at radius 1 is 0.974 bits per heavy atom. The summed E-state index contributed by atoms with van der Waals surface area (Å²) >= 11 is 0. The molecule has 0 saturated carbocycles. The Hall–Kier alpha value is -4.42. The van der Waals surface area contributed by atoms with Crippen molar-refractivity contribution < 1.29 is 33.6 Å².